The van der Waals surface area contributed by atoms with E-state index in [2.05, 4.69) is 0 Å². The van der Waals surface area contributed by atoms with Gasteiger partial charge < -0.3 is 16.2 Å². The van der Waals surface area contributed by atoms with Gasteiger partial charge in [-0.3, -0.25) is 4.79 Å². The van der Waals surface area contributed by atoms with Crippen molar-refractivity contribution in [2.45, 2.75) is 44.6 Å². The second-order valence-electron chi connectivity index (χ2n) is 4.76. The van der Waals surface area contributed by atoms with Gasteiger partial charge in [-0.15, -0.1) is 0 Å². The van der Waals surface area contributed by atoms with Crippen molar-refractivity contribution in [3.63, 3.8) is 0 Å². The van der Waals surface area contributed by atoms with E-state index in [1.807, 2.05) is 0 Å². The van der Waals surface area contributed by atoms with Crippen LogP contribution in [0.4, 0.5) is 0 Å². The van der Waals surface area contributed by atoms with Crippen LogP contribution >= 0.6 is 0 Å². The van der Waals surface area contributed by atoms with Crippen molar-refractivity contribution in [3.8, 4) is 0 Å². The molecule has 0 aromatic carbocycles. The average Bonchev–Trinajstić information content (AvgIpc) is 2.64. The summed E-state index contributed by atoms with van der Waals surface area (Å²) in [7, 11) is 0. The third-order valence-electron chi connectivity index (χ3n) is 3.16. The van der Waals surface area contributed by atoms with E-state index < -0.39 is 11.4 Å². The van der Waals surface area contributed by atoms with Crippen LogP contribution in [0.2, 0.25) is 0 Å². The molecule has 88 valence electrons. The van der Waals surface area contributed by atoms with Crippen LogP contribution in [0.5, 0.6) is 0 Å². The Morgan fingerprint density at radius 3 is 2.60 bits per heavy atom. The predicted molar refractivity (Wildman–Crippen MR) is 59.2 cm³/mol. The van der Waals surface area contributed by atoms with Gasteiger partial charge >= 0.3 is 0 Å². The maximum absolute atomic E-state index is 10.9. The normalized spacial score (nSPS) is 21.5. The van der Waals surface area contributed by atoms with E-state index in [0.29, 0.717) is 18.9 Å². The van der Waals surface area contributed by atoms with Gasteiger partial charge in [0.1, 0.15) is 0 Å². The van der Waals surface area contributed by atoms with Crippen molar-refractivity contribution in [1.29, 1.82) is 0 Å². The van der Waals surface area contributed by atoms with E-state index in [1.165, 1.54) is 25.7 Å². The SMILES string of the molecule is CC(N)(CCOCC1CCCC1)C(N)=O. The maximum atomic E-state index is 10.9. The lowest BCUT2D eigenvalue weighted by Crippen LogP contribution is -2.50. The minimum Gasteiger partial charge on any atom is -0.381 e. The first-order valence-corrected chi connectivity index (χ1v) is 5.69. The third-order valence-corrected chi connectivity index (χ3v) is 3.16. The molecular formula is C11H22N2O2. The number of carbonyl (C=O) groups is 1. The van der Waals surface area contributed by atoms with Crippen LogP contribution in [-0.2, 0) is 9.53 Å². The van der Waals surface area contributed by atoms with E-state index >= 15 is 0 Å². The van der Waals surface area contributed by atoms with Crippen molar-refractivity contribution in [3.05, 3.63) is 0 Å². The largest absolute Gasteiger partial charge is 0.381 e. The molecule has 1 rings (SSSR count). The van der Waals surface area contributed by atoms with E-state index in [9.17, 15) is 4.79 Å². The Labute approximate surface area is 91.3 Å². The van der Waals surface area contributed by atoms with Crippen molar-refractivity contribution in [2.75, 3.05) is 13.2 Å². The van der Waals surface area contributed by atoms with Crippen molar-refractivity contribution < 1.29 is 9.53 Å². The van der Waals surface area contributed by atoms with Gasteiger partial charge in [0.05, 0.1) is 5.54 Å². The summed E-state index contributed by atoms with van der Waals surface area (Å²) in [6.45, 7) is 2.97. The second kappa shape index (κ2) is 5.47. The van der Waals surface area contributed by atoms with Gasteiger partial charge in [-0.2, -0.15) is 0 Å². The molecule has 0 heterocycles. The summed E-state index contributed by atoms with van der Waals surface area (Å²) in [4.78, 5) is 10.9. The number of hydrogen-bond acceptors (Lipinski definition) is 3. The summed E-state index contributed by atoms with van der Waals surface area (Å²) < 4.78 is 5.52. The smallest absolute Gasteiger partial charge is 0.237 e. The van der Waals surface area contributed by atoms with Gasteiger partial charge in [-0.25, -0.2) is 0 Å². The standard InChI is InChI=1S/C11H22N2O2/c1-11(13,10(12)14)6-7-15-8-9-4-2-3-5-9/h9H,2-8,13H2,1H3,(H2,12,14). The molecule has 1 saturated carbocycles. The van der Waals surface area contributed by atoms with Crippen molar-refractivity contribution in [2.24, 2.45) is 17.4 Å². The first-order valence-electron chi connectivity index (χ1n) is 5.69. The molecule has 1 unspecified atom stereocenters. The van der Waals surface area contributed by atoms with Crippen LogP contribution in [0.1, 0.15) is 39.0 Å². The lowest BCUT2D eigenvalue weighted by Gasteiger charge is -2.20. The maximum Gasteiger partial charge on any atom is 0.237 e. The van der Waals surface area contributed by atoms with E-state index in [1.54, 1.807) is 6.92 Å². The fraction of sp³-hybridized carbons (Fsp3) is 0.909. The number of amides is 1. The zero-order valence-corrected chi connectivity index (χ0v) is 9.50. The molecule has 0 aromatic rings. The van der Waals surface area contributed by atoms with E-state index in [0.717, 1.165) is 6.61 Å². The third kappa shape index (κ3) is 4.18. The molecule has 4 heteroatoms. The van der Waals surface area contributed by atoms with Gasteiger partial charge in [0.15, 0.2) is 0 Å². The van der Waals surface area contributed by atoms with Gasteiger partial charge in [0.2, 0.25) is 5.91 Å². The Hall–Kier alpha value is -0.610. The molecule has 0 bridgehead atoms. The number of rotatable bonds is 6. The molecule has 0 saturated heterocycles. The molecule has 1 aliphatic rings. The minimum absolute atomic E-state index is 0.466. The van der Waals surface area contributed by atoms with Crippen molar-refractivity contribution >= 4 is 5.91 Å². The quantitative estimate of drug-likeness (QED) is 0.641. The predicted octanol–water partition coefficient (Wildman–Crippen LogP) is 0.786. The molecule has 0 aromatic heterocycles. The second-order valence-corrected chi connectivity index (χ2v) is 4.76. The highest BCUT2D eigenvalue weighted by molar-refractivity contribution is 5.83. The summed E-state index contributed by atoms with van der Waals surface area (Å²) in [5.74, 6) is 0.245. The Morgan fingerprint density at radius 1 is 1.47 bits per heavy atom. The number of nitrogens with two attached hydrogens (primary N) is 2. The highest BCUT2D eigenvalue weighted by atomic mass is 16.5. The molecule has 4 nitrogen and oxygen atoms in total. The molecule has 1 fully saturated rings. The van der Waals surface area contributed by atoms with Gasteiger partial charge in [-0.05, 0) is 32.1 Å². The zero-order chi connectivity index (χ0) is 11.3. The number of primary amides is 1. The molecule has 0 aliphatic heterocycles. The number of hydrogen-bond donors (Lipinski definition) is 2. The Morgan fingerprint density at radius 2 is 2.07 bits per heavy atom. The van der Waals surface area contributed by atoms with Crippen LogP contribution in [0.15, 0.2) is 0 Å². The zero-order valence-electron chi connectivity index (χ0n) is 9.50. The summed E-state index contributed by atoms with van der Waals surface area (Å²) in [6.07, 6.45) is 5.69. The topological polar surface area (TPSA) is 78.3 Å². The molecule has 1 atom stereocenters. The highest BCUT2D eigenvalue weighted by Gasteiger charge is 2.25. The van der Waals surface area contributed by atoms with Crippen LogP contribution in [0.3, 0.4) is 0 Å². The first-order chi connectivity index (χ1) is 7.02. The summed E-state index contributed by atoms with van der Waals surface area (Å²) in [5, 5.41) is 0. The molecule has 15 heavy (non-hydrogen) atoms. The molecule has 1 amide bonds. The summed E-state index contributed by atoms with van der Waals surface area (Å²) >= 11 is 0. The Balaban J connectivity index is 2.08. The Bertz CT molecular complexity index is 211. The van der Waals surface area contributed by atoms with Crippen LogP contribution in [0, 0.1) is 5.92 Å². The number of ether oxygens (including phenoxy) is 1. The molecule has 4 N–H and O–H groups in total. The molecule has 0 spiro atoms. The van der Waals surface area contributed by atoms with Crippen LogP contribution < -0.4 is 11.5 Å². The minimum atomic E-state index is -0.935. The van der Waals surface area contributed by atoms with E-state index in [4.69, 9.17) is 16.2 Å². The monoisotopic (exact) mass is 214 g/mol. The average molecular weight is 214 g/mol. The lowest BCUT2D eigenvalue weighted by molar-refractivity contribution is -0.123. The summed E-state index contributed by atoms with van der Waals surface area (Å²) in [6, 6.07) is 0. The fourth-order valence-corrected chi connectivity index (χ4v) is 1.83. The number of carbonyl (C=O) groups excluding carboxylic acids is 1. The van der Waals surface area contributed by atoms with Crippen LogP contribution in [0.25, 0.3) is 0 Å². The fourth-order valence-electron chi connectivity index (χ4n) is 1.83. The first kappa shape index (κ1) is 12.5. The molecule has 0 radical (unpaired) electrons. The Kier molecular flexibility index (Phi) is 4.54. The molecule has 1 aliphatic carbocycles. The van der Waals surface area contributed by atoms with Gasteiger partial charge in [0.25, 0.3) is 0 Å². The van der Waals surface area contributed by atoms with Crippen LogP contribution in [-0.4, -0.2) is 24.7 Å². The van der Waals surface area contributed by atoms with E-state index in [-0.39, 0.29) is 0 Å². The highest BCUT2D eigenvalue weighted by Crippen LogP contribution is 2.24. The van der Waals surface area contributed by atoms with Gasteiger partial charge in [0, 0.05) is 13.2 Å². The summed E-state index contributed by atoms with van der Waals surface area (Å²) in [5.41, 5.74) is 9.92. The van der Waals surface area contributed by atoms with Gasteiger partial charge in [-0.1, -0.05) is 12.8 Å². The molecular weight excluding hydrogens is 192 g/mol. The van der Waals surface area contributed by atoms with Crippen molar-refractivity contribution in [1.82, 2.24) is 0 Å². The lowest BCUT2D eigenvalue weighted by atomic mass is 9.99.